The summed E-state index contributed by atoms with van der Waals surface area (Å²) in [7, 11) is 1.58. The van der Waals surface area contributed by atoms with E-state index in [2.05, 4.69) is 10.3 Å². The topological polar surface area (TPSA) is 98.7 Å². The number of phenolic OH excluding ortho intramolecular Hbond substituents is 1. The van der Waals surface area contributed by atoms with E-state index in [1.807, 2.05) is 29.2 Å². The van der Waals surface area contributed by atoms with E-state index >= 15 is 4.39 Å². The van der Waals surface area contributed by atoms with Crippen LogP contribution in [0.3, 0.4) is 0 Å². The van der Waals surface area contributed by atoms with Crippen LogP contribution in [-0.2, 0) is 16.0 Å². The highest BCUT2D eigenvalue weighted by molar-refractivity contribution is 6.35. The fourth-order valence-electron chi connectivity index (χ4n) is 5.09. The highest BCUT2D eigenvalue weighted by Crippen LogP contribution is 2.42. The third-order valence-electron chi connectivity index (χ3n) is 7.13. The first-order valence-corrected chi connectivity index (χ1v) is 13.3. The van der Waals surface area contributed by atoms with Crippen LogP contribution in [0.25, 0.3) is 32.8 Å². The average Bonchev–Trinajstić information content (AvgIpc) is 2.93. The lowest BCUT2D eigenvalue weighted by atomic mass is 9.96. The standard InChI is InChI=1S/C29H29ClFN5O3/c1-17(37)35-10-12-36(13-11-35)29-22-16-23(30)26(21-15-19(38)14-18-6-3-4-7-20(18)21)27(31)28(22)33-24(34-29)8-5-9-25(39)32-2/h3-4,6-7,14-16,38H,5,8-13H2,1-2H3,(H,32,39). The lowest BCUT2D eigenvalue weighted by Crippen LogP contribution is -2.48. The van der Waals surface area contributed by atoms with Crippen LogP contribution in [0.2, 0.25) is 5.02 Å². The summed E-state index contributed by atoms with van der Waals surface area (Å²) in [4.78, 5) is 36.8. The number of hydrogen-bond acceptors (Lipinski definition) is 6. The smallest absolute Gasteiger partial charge is 0.219 e. The van der Waals surface area contributed by atoms with E-state index in [4.69, 9.17) is 16.6 Å². The number of phenols is 1. The van der Waals surface area contributed by atoms with Crippen molar-refractivity contribution < 1.29 is 19.1 Å². The van der Waals surface area contributed by atoms with Crippen molar-refractivity contribution in [3.63, 3.8) is 0 Å². The molecule has 2 amide bonds. The average molecular weight is 550 g/mol. The van der Waals surface area contributed by atoms with Gasteiger partial charge in [-0.05, 0) is 41.0 Å². The van der Waals surface area contributed by atoms with Gasteiger partial charge in [0.2, 0.25) is 11.8 Å². The number of halogens is 2. The zero-order valence-corrected chi connectivity index (χ0v) is 22.6. The van der Waals surface area contributed by atoms with Gasteiger partial charge in [-0.1, -0.05) is 35.9 Å². The number of amides is 2. The van der Waals surface area contributed by atoms with Crippen molar-refractivity contribution in [2.75, 3.05) is 38.1 Å². The number of nitrogens with one attached hydrogen (secondary N) is 1. The van der Waals surface area contributed by atoms with Gasteiger partial charge in [0, 0.05) is 63.9 Å². The summed E-state index contributed by atoms with van der Waals surface area (Å²) >= 11 is 6.75. The minimum absolute atomic E-state index is 0.000808. The van der Waals surface area contributed by atoms with Crippen molar-refractivity contribution in [2.45, 2.75) is 26.2 Å². The number of anilines is 1. The summed E-state index contributed by atoms with van der Waals surface area (Å²) in [6.45, 7) is 3.65. The first kappa shape index (κ1) is 26.6. The van der Waals surface area contributed by atoms with Crippen LogP contribution in [0.5, 0.6) is 5.75 Å². The minimum Gasteiger partial charge on any atom is -0.508 e. The third kappa shape index (κ3) is 5.31. The van der Waals surface area contributed by atoms with Crippen LogP contribution in [-0.4, -0.2) is 65.0 Å². The molecule has 5 rings (SSSR count). The SMILES string of the molecule is CNC(=O)CCCc1nc(N2CCN(C(C)=O)CC2)c2cc(Cl)c(-c3cc(O)cc4ccccc34)c(F)c2n1. The molecule has 3 aromatic carbocycles. The monoisotopic (exact) mass is 549 g/mol. The van der Waals surface area contributed by atoms with Crippen LogP contribution in [0.1, 0.15) is 25.6 Å². The van der Waals surface area contributed by atoms with Gasteiger partial charge in [0.15, 0.2) is 5.82 Å². The molecule has 0 radical (unpaired) electrons. The maximum Gasteiger partial charge on any atom is 0.219 e. The van der Waals surface area contributed by atoms with Gasteiger partial charge in [0.1, 0.15) is 22.9 Å². The van der Waals surface area contributed by atoms with E-state index < -0.39 is 5.82 Å². The van der Waals surface area contributed by atoms with Crippen LogP contribution in [0.4, 0.5) is 10.2 Å². The third-order valence-corrected chi connectivity index (χ3v) is 7.43. The van der Waals surface area contributed by atoms with Gasteiger partial charge in [-0.15, -0.1) is 0 Å². The van der Waals surface area contributed by atoms with Crippen LogP contribution < -0.4 is 10.2 Å². The summed E-state index contributed by atoms with van der Waals surface area (Å²) in [5.41, 5.74) is 0.737. The van der Waals surface area contributed by atoms with Crippen LogP contribution >= 0.6 is 11.6 Å². The lowest BCUT2D eigenvalue weighted by Gasteiger charge is -2.35. The number of nitrogens with zero attached hydrogens (tertiary/aromatic N) is 4. The molecule has 39 heavy (non-hydrogen) atoms. The van der Waals surface area contributed by atoms with Gasteiger partial charge < -0.3 is 20.2 Å². The fraction of sp³-hybridized carbons (Fsp3) is 0.310. The molecule has 1 saturated heterocycles. The predicted octanol–water partition coefficient (Wildman–Crippen LogP) is 4.69. The number of aromatic nitrogens is 2. The molecule has 0 bridgehead atoms. The van der Waals surface area contributed by atoms with E-state index in [0.717, 1.165) is 10.8 Å². The second kappa shape index (κ2) is 11.0. The Labute approximate surface area is 230 Å². The van der Waals surface area contributed by atoms with Crippen molar-refractivity contribution in [3.8, 4) is 16.9 Å². The number of aromatic hydroxyl groups is 1. The first-order chi connectivity index (χ1) is 18.8. The summed E-state index contributed by atoms with van der Waals surface area (Å²) in [5.74, 6) is 0.281. The molecule has 1 aliphatic rings. The summed E-state index contributed by atoms with van der Waals surface area (Å²) < 4.78 is 16.5. The Hall–Kier alpha value is -3.98. The largest absolute Gasteiger partial charge is 0.508 e. The zero-order chi connectivity index (χ0) is 27.7. The van der Waals surface area contributed by atoms with Crippen molar-refractivity contribution in [1.82, 2.24) is 20.2 Å². The van der Waals surface area contributed by atoms with Crippen LogP contribution in [0.15, 0.2) is 42.5 Å². The van der Waals surface area contributed by atoms with E-state index in [1.54, 1.807) is 31.0 Å². The molecule has 1 fully saturated rings. The lowest BCUT2D eigenvalue weighted by molar-refractivity contribution is -0.129. The maximum atomic E-state index is 16.5. The molecule has 202 valence electrons. The minimum atomic E-state index is -0.605. The molecule has 2 heterocycles. The maximum absolute atomic E-state index is 16.5. The quantitative estimate of drug-likeness (QED) is 0.362. The molecule has 0 atom stereocenters. The second-order valence-electron chi connectivity index (χ2n) is 9.64. The van der Waals surface area contributed by atoms with E-state index in [0.29, 0.717) is 68.0 Å². The molecule has 0 unspecified atom stereocenters. The van der Waals surface area contributed by atoms with Gasteiger partial charge in [0.05, 0.1) is 5.02 Å². The number of benzene rings is 3. The van der Waals surface area contributed by atoms with Gasteiger partial charge in [0.25, 0.3) is 0 Å². The Kier molecular flexibility index (Phi) is 7.52. The second-order valence-corrected chi connectivity index (χ2v) is 10.0. The molecule has 8 nitrogen and oxygen atoms in total. The Bertz CT molecular complexity index is 1590. The zero-order valence-electron chi connectivity index (χ0n) is 21.8. The number of fused-ring (bicyclic) bond motifs is 2. The van der Waals surface area contributed by atoms with E-state index in [9.17, 15) is 14.7 Å². The highest BCUT2D eigenvalue weighted by Gasteiger charge is 2.26. The molecule has 10 heteroatoms. The Morgan fingerprint density at radius 1 is 1.08 bits per heavy atom. The Morgan fingerprint density at radius 3 is 2.54 bits per heavy atom. The molecule has 4 aromatic rings. The van der Waals surface area contributed by atoms with Gasteiger partial charge in [-0.2, -0.15) is 0 Å². The van der Waals surface area contributed by atoms with Crippen molar-refractivity contribution >= 4 is 50.9 Å². The van der Waals surface area contributed by atoms with E-state index in [1.165, 1.54) is 6.07 Å². The number of aryl methyl sites for hydroxylation is 1. The number of hydrogen-bond donors (Lipinski definition) is 2. The van der Waals surface area contributed by atoms with Crippen molar-refractivity contribution in [2.24, 2.45) is 0 Å². The fourth-order valence-corrected chi connectivity index (χ4v) is 5.39. The molecule has 0 saturated carbocycles. The normalized spacial score (nSPS) is 13.7. The van der Waals surface area contributed by atoms with Crippen LogP contribution in [0, 0.1) is 5.82 Å². The molecular weight excluding hydrogens is 521 g/mol. The van der Waals surface area contributed by atoms with Crippen molar-refractivity contribution in [3.05, 3.63) is 59.1 Å². The van der Waals surface area contributed by atoms with Gasteiger partial charge >= 0.3 is 0 Å². The van der Waals surface area contributed by atoms with Gasteiger partial charge in [-0.3, -0.25) is 9.59 Å². The number of piperazine rings is 1. The van der Waals surface area contributed by atoms with E-state index in [-0.39, 0.29) is 33.7 Å². The molecule has 1 aromatic heterocycles. The highest BCUT2D eigenvalue weighted by atomic mass is 35.5. The summed E-state index contributed by atoms with van der Waals surface area (Å²) in [6.07, 6.45) is 1.19. The molecule has 0 spiro atoms. The number of carbonyl (C=O) groups excluding carboxylic acids is 2. The summed E-state index contributed by atoms with van der Waals surface area (Å²) in [5, 5.41) is 15.1. The van der Waals surface area contributed by atoms with Gasteiger partial charge in [-0.25, -0.2) is 14.4 Å². The van der Waals surface area contributed by atoms with Crippen molar-refractivity contribution in [1.29, 1.82) is 0 Å². The molecule has 1 aliphatic heterocycles. The number of carbonyl (C=O) groups is 2. The first-order valence-electron chi connectivity index (χ1n) is 12.9. The molecule has 2 N–H and O–H groups in total. The Balaban J connectivity index is 1.66. The Morgan fingerprint density at radius 2 is 1.82 bits per heavy atom. The predicted molar refractivity (Wildman–Crippen MR) is 151 cm³/mol. The summed E-state index contributed by atoms with van der Waals surface area (Å²) in [6, 6.07) is 12.2. The number of rotatable bonds is 6. The molecule has 0 aliphatic carbocycles. The molecular formula is C29H29ClFN5O3.